The molecule has 0 radical (unpaired) electrons. The molecular formula is C8H17N3O2. The highest BCUT2D eigenvalue weighted by Gasteiger charge is 2.16. The number of hydrogen-bond donors (Lipinski definition) is 1. The minimum Gasteiger partial charge on any atom is -0.393 e. The van der Waals surface area contributed by atoms with Crippen molar-refractivity contribution in [2.45, 2.75) is 18.9 Å². The van der Waals surface area contributed by atoms with Crippen LogP contribution in [0.2, 0.25) is 0 Å². The molecule has 1 saturated heterocycles. The Kier molecular flexibility index (Phi) is 4.11. The molecule has 0 bridgehead atoms. The quantitative estimate of drug-likeness (QED) is 0.499. The predicted octanol–water partition coefficient (Wildman–Crippen LogP) is 0.0563. The van der Waals surface area contributed by atoms with Gasteiger partial charge in [0.2, 0.25) is 0 Å². The van der Waals surface area contributed by atoms with Crippen LogP contribution in [0.15, 0.2) is 5.29 Å². The summed E-state index contributed by atoms with van der Waals surface area (Å²) in [6.07, 6.45) is 1.56. The standard InChI is InChI=1S/C8H17N3O2/c1-10(9-13)6-7-11-4-2-8(12)3-5-11/h8,12H,2-7H2,1H3. The van der Waals surface area contributed by atoms with Crippen LogP contribution in [0.25, 0.3) is 0 Å². The molecule has 13 heavy (non-hydrogen) atoms. The van der Waals surface area contributed by atoms with Crippen LogP contribution in [0.3, 0.4) is 0 Å². The van der Waals surface area contributed by atoms with Crippen molar-refractivity contribution in [1.82, 2.24) is 9.91 Å². The van der Waals surface area contributed by atoms with E-state index in [1.165, 1.54) is 5.01 Å². The molecule has 0 saturated carbocycles. The molecule has 0 aromatic heterocycles. The molecule has 5 nitrogen and oxygen atoms in total. The van der Waals surface area contributed by atoms with E-state index in [4.69, 9.17) is 0 Å². The molecule has 76 valence electrons. The molecule has 0 spiro atoms. The third-order valence-electron chi connectivity index (χ3n) is 2.44. The van der Waals surface area contributed by atoms with Gasteiger partial charge < -0.3 is 10.0 Å². The van der Waals surface area contributed by atoms with Crippen molar-refractivity contribution in [3.05, 3.63) is 4.91 Å². The van der Waals surface area contributed by atoms with Crippen molar-refractivity contribution in [1.29, 1.82) is 0 Å². The van der Waals surface area contributed by atoms with Crippen LogP contribution in [-0.2, 0) is 0 Å². The van der Waals surface area contributed by atoms with Gasteiger partial charge in [0, 0.05) is 26.7 Å². The Bertz CT molecular complexity index is 157. The normalized spacial score (nSPS) is 20.2. The summed E-state index contributed by atoms with van der Waals surface area (Å²) in [7, 11) is 1.67. The van der Waals surface area contributed by atoms with Gasteiger partial charge >= 0.3 is 0 Å². The summed E-state index contributed by atoms with van der Waals surface area (Å²) in [6.45, 7) is 3.37. The molecule has 0 atom stereocenters. The molecule has 0 unspecified atom stereocenters. The maximum Gasteiger partial charge on any atom is 0.0564 e. The first kappa shape index (κ1) is 10.4. The average Bonchev–Trinajstić information content (AvgIpc) is 2.16. The maximum absolute atomic E-state index is 10.0. The molecule has 1 aliphatic rings. The minimum atomic E-state index is -0.127. The number of hydrogen-bond acceptors (Lipinski definition) is 4. The first-order valence-corrected chi connectivity index (χ1v) is 4.67. The number of aliphatic hydroxyl groups excluding tert-OH is 1. The van der Waals surface area contributed by atoms with Crippen molar-refractivity contribution in [3.8, 4) is 0 Å². The first-order valence-electron chi connectivity index (χ1n) is 4.67. The summed E-state index contributed by atoms with van der Waals surface area (Å²) in [5, 5.41) is 13.4. The third kappa shape index (κ3) is 3.69. The van der Waals surface area contributed by atoms with Gasteiger partial charge in [0.25, 0.3) is 0 Å². The molecule has 1 N–H and O–H groups in total. The number of nitroso groups, excluding NO2 is 1. The molecule has 0 aliphatic carbocycles. The van der Waals surface area contributed by atoms with Crippen molar-refractivity contribution in [3.63, 3.8) is 0 Å². The van der Waals surface area contributed by atoms with Crippen LogP contribution < -0.4 is 0 Å². The zero-order chi connectivity index (χ0) is 9.68. The summed E-state index contributed by atoms with van der Waals surface area (Å²) in [4.78, 5) is 12.3. The maximum atomic E-state index is 10.0. The van der Waals surface area contributed by atoms with Gasteiger partial charge in [-0.15, -0.1) is 4.91 Å². The lowest BCUT2D eigenvalue weighted by Crippen LogP contribution is -2.39. The summed E-state index contributed by atoms with van der Waals surface area (Å²) in [6, 6.07) is 0. The highest BCUT2D eigenvalue weighted by atomic mass is 16.3. The lowest BCUT2D eigenvalue weighted by Gasteiger charge is -2.29. The fraction of sp³-hybridized carbons (Fsp3) is 1.00. The molecule has 1 fully saturated rings. The second kappa shape index (κ2) is 5.14. The second-order valence-electron chi connectivity index (χ2n) is 3.54. The lowest BCUT2D eigenvalue weighted by atomic mass is 10.1. The van der Waals surface area contributed by atoms with Gasteiger partial charge in [0.1, 0.15) is 0 Å². The fourth-order valence-corrected chi connectivity index (χ4v) is 1.47. The van der Waals surface area contributed by atoms with E-state index in [2.05, 4.69) is 10.2 Å². The van der Waals surface area contributed by atoms with E-state index in [0.717, 1.165) is 32.5 Å². The van der Waals surface area contributed by atoms with Crippen molar-refractivity contribution in [2.75, 3.05) is 33.2 Å². The number of rotatable bonds is 4. The topological polar surface area (TPSA) is 56.1 Å². The Morgan fingerprint density at radius 1 is 1.54 bits per heavy atom. The predicted molar refractivity (Wildman–Crippen MR) is 50.1 cm³/mol. The fourth-order valence-electron chi connectivity index (χ4n) is 1.47. The Hall–Kier alpha value is -0.680. The Balaban J connectivity index is 2.12. The van der Waals surface area contributed by atoms with Crippen LogP contribution in [0.4, 0.5) is 0 Å². The smallest absolute Gasteiger partial charge is 0.0564 e. The largest absolute Gasteiger partial charge is 0.393 e. The number of piperidine rings is 1. The minimum absolute atomic E-state index is 0.127. The second-order valence-corrected chi connectivity index (χ2v) is 3.54. The summed E-state index contributed by atoms with van der Waals surface area (Å²) < 4.78 is 0. The van der Waals surface area contributed by atoms with E-state index in [0.29, 0.717) is 6.54 Å². The molecule has 0 aromatic rings. The van der Waals surface area contributed by atoms with E-state index in [1.807, 2.05) is 0 Å². The monoisotopic (exact) mass is 187 g/mol. The van der Waals surface area contributed by atoms with Crippen molar-refractivity contribution >= 4 is 0 Å². The molecule has 1 aliphatic heterocycles. The Labute approximate surface area is 78.3 Å². The van der Waals surface area contributed by atoms with Gasteiger partial charge in [-0.2, -0.15) is 0 Å². The van der Waals surface area contributed by atoms with Crippen molar-refractivity contribution < 1.29 is 5.11 Å². The zero-order valence-corrected chi connectivity index (χ0v) is 8.02. The third-order valence-corrected chi connectivity index (χ3v) is 2.44. The van der Waals surface area contributed by atoms with Gasteiger partial charge in [-0.1, -0.05) is 0 Å². The van der Waals surface area contributed by atoms with Crippen LogP contribution in [0.1, 0.15) is 12.8 Å². The SMILES string of the molecule is CN(CCN1CCC(O)CC1)N=O. The number of likely N-dealkylation sites (N-methyl/N-ethyl adjacent to an activating group) is 1. The molecule has 0 aromatic carbocycles. The van der Waals surface area contributed by atoms with Crippen molar-refractivity contribution in [2.24, 2.45) is 5.29 Å². The van der Waals surface area contributed by atoms with Gasteiger partial charge in [0.15, 0.2) is 0 Å². The summed E-state index contributed by atoms with van der Waals surface area (Å²) in [5.74, 6) is 0. The van der Waals surface area contributed by atoms with Gasteiger partial charge in [-0.05, 0) is 12.8 Å². The molecule has 5 heteroatoms. The summed E-state index contributed by atoms with van der Waals surface area (Å²) >= 11 is 0. The Morgan fingerprint density at radius 3 is 2.69 bits per heavy atom. The average molecular weight is 187 g/mol. The Morgan fingerprint density at radius 2 is 2.15 bits per heavy atom. The van der Waals surface area contributed by atoms with Gasteiger partial charge in [-0.3, -0.25) is 5.01 Å². The van der Waals surface area contributed by atoms with E-state index >= 15 is 0 Å². The molecular weight excluding hydrogens is 170 g/mol. The number of likely N-dealkylation sites (tertiary alicyclic amines) is 1. The number of aliphatic hydroxyl groups is 1. The molecule has 1 rings (SSSR count). The van der Waals surface area contributed by atoms with E-state index < -0.39 is 0 Å². The molecule has 1 heterocycles. The van der Waals surface area contributed by atoms with Crippen LogP contribution in [0.5, 0.6) is 0 Å². The van der Waals surface area contributed by atoms with Gasteiger partial charge in [-0.25, -0.2) is 0 Å². The van der Waals surface area contributed by atoms with E-state index in [1.54, 1.807) is 7.05 Å². The first-order chi connectivity index (χ1) is 6.22. The van der Waals surface area contributed by atoms with Crippen LogP contribution in [-0.4, -0.2) is 54.3 Å². The van der Waals surface area contributed by atoms with Crippen LogP contribution in [0, 0.1) is 4.91 Å². The highest BCUT2D eigenvalue weighted by molar-refractivity contribution is 4.71. The zero-order valence-electron chi connectivity index (χ0n) is 8.02. The van der Waals surface area contributed by atoms with E-state index in [-0.39, 0.29) is 6.10 Å². The van der Waals surface area contributed by atoms with E-state index in [9.17, 15) is 10.0 Å². The van der Waals surface area contributed by atoms with Gasteiger partial charge in [0.05, 0.1) is 17.9 Å². The summed E-state index contributed by atoms with van der Waals surface area (Å²) in [5.41, 5.74) is 0. The number of nitrogens with zero attached hydrogens (tertiary/aromatic N) is 3. The lowest BCUT2D eigenvalue weighted by molar-refractivity contribution is 0.0784. The highest BCUT2D eigenvalue weighted by Crippen LogP contribution is 2.09. The van der Waals surface area contributed by atoms with Crippen LogP contribution >= 0.6 is 0 Å². The molecule has 0 amide bonds.